The van der Waals surface area contributed by atoms with Gasteiger partial charge in [-0.15, -0.1) is 0 Å². The molecular formula is C23H25FN4O2. The van der Waals surface area contributed by atoms with Crippen LogP contribution >= 0.6 is 0 Å². The van der Waals surface area contributed by atoms with Gasteiger partial charge in [-0.05, 0) is 49.7 Å². The lowest BCUT2D eigenvalue weighted by Gasteiger charge is -2.36. The average molecular weight is 408 g/mol. The normalized spacial score (nSPS) is 23.3. The Labute approximate surface area is 175 Å². The maximum absolute atomic E-state index is 14.0. The van der Waals surface area contributed by atoms with Crippen LogP contribution in [-0.2, 0) is 0 Å². The number of nitrogens with one attached hydrogen (secondary N) is 1. The Morgan fingerprint density at radius 2 is 1.97 bits per heavy atom. The van der Waals surface area contributed by atoms with E-state index in [9.17, 15) is 9.18 Å². The zero-order valence-electron chi connectivity index (χ0n) is 16.9. The van der Waals surface area contributed by atoms with Crippen molar-refractivity contribution < 1.29 is 13.9 Å². The predicted molar refractivity (Wildman–Crippen MR) is 112 cm³/mol. The molecule has 2 aromatic rings. The van der Waals surface area contributed by atoms with Crippen molar-refractivity contribution in [1.82, 2.24) is 15.2 Å². The number of piperidine rings is 1. The second kappa shape index (κ2) is 7.72. The van der Waals surface area contributed by atoms with Gasteiger partial charge in [0.15, 0.2) is 0 Å². The fourth-order valence-electron chi connectivity index (χ4n) is 4.70. The van der Waals surface area contributed by atoms with E-state index in [-0.39, 0.29) is 29.8 Å². The quantitative estimate of drug-likeness (QED) is 0.829. The van der Waals surface area contributed by atoms with Crippen molar-refractivity contribution in [3.8, 4) is 5.75 Å². The van der Waals surface area contributed by atoms with Gasteiger partial charge < -0.3 is 15.0 Å². The number of carbonyl (C=O) groups excluding carboxylic acids is 1. The zero-order chi connectivity index (χ0) is 20.7. The van der Waals surface area contributed by atoms with Gasteiger partial charge in [0.1, 0.15) is 11.6 Å². The number of ether oxygens (including phenoxy) is 1. The van der Waals surface area contributed by atoms with Crippen molar-refractivity contribution >= 4 is 11.7 Å². The molecule has 7 heteroatoms. The maximum atomic E-state index is 14.0. The molecule has 0 unspecified atom stereocenters. The number of amides is 2. The van der Waals surface area contributed by atoms with Gasteiger partial charge in [-0.25, -0.2) is 14.2 Å². The van der Waals surface area contributed by atoms with Crippen molar-refractivity contribution in [2.24, 2.45) is 11.0 Å². The van der Waals surface area contributed by atoms with Crippen molar-refractivity contribution in [2.45, 2.75) is 24.9 Å². The van der Waals surface area contributed by atoms with E-state index in [1.165, 1.54) is 12.1 Å². The topological polar surface area (TPSA) is 57.2 Å². The molecule has 0 spiro atoms. The van der Waals surface area contributed by atoms with E-state index in [0.717, 1.165) is 37.2 Å². The average Bonchev–Trinajstić information content (AvgIpc) is 3.19. The summed E-state index contributed by atoms with van der Waals surface area (Å²) < 4.78 is 19.9. The molecule has 3 aliphatic rings. The molecule has 2 aromatic carbocycles. The van der Waals surface area contributed by atoms with Gasteiger partial charge in [-0.1, -0.05) is 30.3 Å². The van der Waals surface area contributed by atoms with E-state index in [4.69, 9.17) is 9.84 Å². The molecule has 2 amide bonds. The first-order valence-corrected chi connectivity index (χ1v) is 10.5. The van der Waals surface area contributed by atoms with Crippen LogP contribution in [0.5, 0.6) is 5.75 Å². The van der Waals surface area contributed by atoms with Crippen LogP contribution in [0.2, 0.25) is 0 Å². The fourth-order valence-corrected chi connectivity index (χ4v) is 4.70. The van der Waals surface area contributed by atoms with Gasteiger partial charge >= 0.3 is 6.03 Å². The highest BCUT2D eigenvalue weighted by atomic mass is 19.1. The number of halogens is 1. The number of hydrogen-bond donors (Lipinski definition) is 1. The second-order valence-corrected chi connectivity index (χ2v) is 8.12. The highest BCUT2D eigenvalue weighted by Gasteiger charge is 2.46. The van der Waals surface area contributed by atoms with Gasteiger partial charge in [0, 0.05) is 18.7 Å². The summed E-state index contributed by atoms with van der Waals surface area (Å²) in [4.78, 5) is 15.4. The smallest absolute Gasteiger partial charge is 0.341 e. The third kappa shape index (κ3) is 3.23. The van der Waals surface area contributed by atoms with Gasteiger partial charge in [-0.2, -0.15) is 5.10 Å². The summed E-state index contributed by atoms with van der Waals surface area (Å²) in [6.45, 7) is 2.21. The Bertz CT molecular complexity index is 974. The molecule has 1 N–H and O–H groups in total. The van der Waals surface area contributed by atoms with Crippen LogP contribution in [0.4, 0.5) is 9.18 Å². The summed E-state index contributed by atoms with van der Waals surface area (Å²) >= 11 is 0. The fraction of sp³-hybridized carbons (Fsp3) is 0.391. The standard InChI is InChI=1S/C23H25FN4O2/c1-27(17-9-11-25-12-10-17)23(29)28-22(15-5-3-2-4-6-15)19-14-30-20-8-7-16(24)13-18(20)21(19)26-28/h2-8,13,17,19,22,25H,9-12,14H2,1H3/t19-,22-/m1/s1. The first-order chi connectivity index (χ1) is 14.6. The number of nitrogens with zero attached hydrogens (tertiary/aromatic N) is 3. The molecule has 30 heavy (non-hydrogen) atoms. The van der Waals surface area contributed by atoms with E-state index in [2.05, 4.69) is 5.32 Å². The summed E-state index contributed by atoms with van der Waals surface area (Å²) in [5, 5.41) is 9.69. The summed E-state index contributed by atoms with van der Waals surface area (Å²) in [6.07, 6.45) is 1.84. The predicted octanol–water partition coefficient (Wildman–Crippen LogP) is 3.40. The van der Waals surface area contributed by atoms with Crippen molar-refractivity contribution in [3.63, 3.8) is 0 Å². The number of hydrogen-bond acceptors (Lipinski definition) is 4. The van der Waals surface area contributed by atoms with Crippen LogP contribution < -0.4 is 10.1 Å². The number of urea groups is 1. The Kier molecular flexibility index (Phi) is 4.90. The molecule has 1 fully saturated rings. The summed E-state index contributed by atoms with van der Waals surface area (Å²) in [6, 6.07) is 14.1. The highest BCUT2D eigenvalue weighted by molar-refractivity contribution is 6.07. The molecule has 0 aliphatic carbocycles. The molecule has 3 heterocycles. The Morgan fingerprint density at radius 1 is 1.20 bits per heavy atom. The van der Waals surface area contributed by atoms with Gasteiger partial charge in [0.05, 0.1) is 24.3 Å². The lowest BCUT2D eigenvalue weighted by Crippen LogP contribution is -2.48. The van der Waals surface area contributed by atoms with E-state index in [1.54, 1.807) is 11.1 Å². The van der Waals surface area contributed by atoms with Crippen molar-refractivity contribution in [1.29, 1.82) is 0 Å². The van der Waals surface area contributed by atoms with Crippen LogP contribution in [0.1, 0.15) is 30.0 Å². The molecule has 0 radical (unpaired) electrons. The van der Waals surface area contributed by atoms with Crippen LogP contribution in [0.3, 0.4) is 0 Å². The van der Waals surface area contributed by atoms with Crippen LogP contribution in [0.25, 0.3) is 0 Å². The van der Waals surface area contributed by atoms with Crippen molar-refractivity contribution in [3.05, 3.63) is 65.5 Å². The molecule has 6 nitrogen and oxygen atoms in total. The molecular weight excluding hydrogens is 383 g/mol. The minimum Gasteiger partial charge on any atom is -0.492 e. The minimum atomic E-state index is -0.339. The van der Waals surface area contributed by atoms with E-state index < -0.39 is 0 Å². The Hall–Kier alpha value is -2.93. The van der Waals surface area contributed by atoms with Crippen molar-refractivity contribution in [2.75, 3.05) is 26.7 Å². The van der Waals surface area contributed by atoms with E-state index >= 15 is 0 Å². The third-order valence-corrected chi connectivity index (χ3v) is 6.34. The number of rotatable bonds is 2. The molecule has 156 valence electrons. The van der Waals surface area contributed by atoms with E-state index in [0.29, 0.717) is 17.9 Å². The van der Waals surface area contributed by atoms with Gasteiger partial charge in [-0.3, -0.25) is 0 Å². The van der Waals surface area contributed by atoms with Crippen LogP contribution in [0, 0.1) is 11.7 Å². The van der Waals surface area contributed by atoms with Gasteiger partial charge in [0.25, 0.3) is 0 Å². The summed E-state index contributed by atoms with van der Waals surface area (Å²) in [5.74, 6) is 0.125. The molecule has 0 bridgehead atoms. The number of benzene rings is 2. The largest absolute Gasteiger partial charge is 0.492 e. The van der Waals surface area contributed by atoms with E-state index in [1.807, 2.05) is 42.3 Å². The number of fused-ring (bicyclic) bond motifs is 3. The molecule has 2 atom stereocenters. The lowest BCUT2D eigenvalue weighted by atomic mass is 9.86. The molecule has 0 saturated carbocycles. The lowest BCUT2D eigenvalue weighted by molar-refractivity contribution is 0.114. The maximum Gasteiger partial charge on any atom is 0.341 e. The first kappa shape index (κ1) is 19.1. The molecule has 5 rings (SSSR count). The van der Waals surface area contributed by atoms with Crippen LogP contribution in [0.15, 0.2) is 53.6 Å². The molecule has 3 aliphatic heterocycles. The minimum absolute atomic E-state index is 0.129. The zero-order valence-corrected chi connectivity index (χ0v) is 16.9. The molecule has 0 aromatic heterocycles. The summed E-state index contributed by atoms with van der Waals surface area (Å²) in [7, 11) is 1.85. The van der Waals surface area contributed by atoms with Crippen LogP contribution in [-0.4, -0.2) is 54.4 Å². The Balaban J connectivity index is 1.54. The molecule has 1 saturated heterocycles. The highest BCUT2D eigenvalue weighted by Crippen LogP contribution is 2.43. The van der Waals surface area contributed by atoms with Gasteiger partial charge in [0.2, 0.25) is 0 Å². The second-order valence-electron chi connectivity index (χ2n) is 8.12. The summed E-state index contributed by atoms with van der Waals surface area (Å²) in [5.41, 5.74) is 2.35. The monoisotopic (exact) mass is 408 g/mol. The SMILES string of the molecule is CN(C(=O)N1N=C2c3cc(F)ccc3OC[C@H]2[C@H]1c1ccccc1)C1CCNCC1. The number of carbonyl (C=O) groups is 1. The third-order valence-electron chi connectivity index (χ3n) is 6.34. The first-order valence-electron chi connectivity index (χ1n) is 10.5. The number of hydrazone groups is 1. The Morgan fingerprint density at radius 3 is 2.73 bits per heavy atom.